The second-order valence-corrected chi connectivity index (χ2v) is 6.04. The molecule has 0 fully saturated rings. The average molecular weight is 294 g/mol. The molecule has 1 aromatic heterocycles. The number of carbonyl (C=O) groups is 1. The molecule has 0 saturated carbocycles. The number of aromatic nitrogens is 2. The second kappa shape index (κ2) is 5.83. The molecule has 0 aliphatic rings. The summed E-state index contributed by atoms with van der Waals surface area (Å²) < 4.78 is 1.90. The molecule has 1 amide bonds. The number of nitrogens with zero attached hydrogens (tertiary/aromatic N) is 2. The van der Waals surface area contributed by atoms with E-state index in [-0.39, 0.29) is 23.9 Å². The Bertz CT molecular complexity index is 631. The summed E-state index contributed by atoms with van der Waals surface area (Å²) in [7, 11) is 0. The molecule has 1 heterocycles. The SMILES string of the molecule is Cc1ccc2nc(C(C)Cl)n(CC(=O)NC(C)C)c2c1. The van der Waals surface area contributed by atoms with Crippen molar-refractivity contribution in [2.75, 3.05) is 0 Å². The van der Waals surface area contributed by atoms with Crippen LogP contribution >= 0.6 is 11.6 Å². The first kappa shape index (κ1) is 14.9. The lowest BCUT2D eigenvalue weighted by Gasteiger charge is -2.12. The van der Waals surface area contributed by atoms with Crippen molar-refractivity contribution in [1.29, 1.82) is 0 Å². The van der Waals surface area contributed by atoms with Crippen molar-refractivity contribution in [2.45, 2.75) is 45.7 Å². The standard InChI is InChI=1S/C15H20ClN3O/c1-9(2)17-14(20)8-19-13-7-10(3)5-6-12(13)18-15(19)11(4)16/h5-7,9,11H,8H2,1-4H3,(H,17,20). The lowest BCUT2D eigenvalue weighted by atomic mass is 10.2. The number of hydrogen-bond acceptors (Lipinski definition) is 2. The van der Waals surface area contributed by atoms with Crippen molar-refractivity contribution in [2.24, 2.45) is 0 Å². The number of fused-ring (bicyclic) bond motifs is 1. The molecule has 108 valence electrons. The van der Waals surface area contributed by atoms with Crippen LogP contribution in [0, 0.1) is 6.92 Å². The fraction of sp³-hybridized carbons (Fsp3) is 0.467. The van der Waals surface area contributed by atoms with Crippen LogP contribution in [0.1, 0.15) is 37.5 Å². The van der Waals surface area contributed by atoms with Crippen molar-refractivity contribution < 1.29 is 4.79 Å². The Kier molecular flexibility index (Phi) is 4.33. The molecule has 0 spiro atoms. The van der Waals surface area contributed by atoms with Crippen LogP contribution < -0.4 is 5.32 Å². The van der Waals surface area contributed by atoms with E-state index in [1.165, 1.54) is 0 Å². The maximum Gasteiger partial charge on any atom is 0.240 e. The minimum atomic E-state index is -0.241. The maximum atomic E-state index is 12.0. The average Bonchev–Trinajstić information content (AvgIpc) is 2.67. The van der Waals surface area contributed by atoms with E-state index in [1.807, 2.05) is 50.5 Å². The van der Waals surface area contributed by atoms with E-state index in [9.17, 15) is 4.79 Å². The number of halogens is 1. The molecule has 20 heavy (non-hydrogen) atoms. The van der Waals surface area contributed by atoms with Gasteiger partial charge in [0.05, 0.1) is 16.4 Å². The van der Waals surface area contributed by atoms with Crippen LogP contribution in [0.3, 0.4) is 0 Å². The van der Waals surface area contributed by atoms with E-state index < -0.39 is 0 Å². The molecule has 0 saturated heterocycles. The Morgan fingerprint density at radius 3 is 2.70 bits per heavy atom. The summed E-state index contributed by atoms with van der Waals surface area (Å²) in [6.07, 6.45) is 0. The number of carbonyl (C=O) groups excluding carboxylic acids is 1. The molecule has 2 rings (SSSR count). The van der Waals surface area contributed by atoms with E-state index in [2.05, 4.69) is 10.3 Å². The van der Waals surface area contributed by atoms with Gasteiger partial charge in [-0.1, -0.05) is 6.07 Å². The minimum Gasteiger partial charge on any atom is -0.352 e. The van der Waals surface area contributed by atoms with Crippen molar-refractivity contribution >= 4 is 28.5 Å². The van der Waals surface area contributed by atoms with Gasteiger partial charge in [0.2, 0.25) is 5.91 Å². The van der Waals surface area contributed by atoms with Gasteiger partial charge in [-0.15, -0.1) is 11.6 Å². The minimum absolute atomic E-state index is 0.0284. The quantitative estimate of drug-likeness (QED) is 0.880. The van der Waals surface area contributed by atoms with Gasteiger partial charge in [0.25, 0.3) is 0 Å². The van der Waals surface area contributed by atoms with Crippen LogP contribution in [-0.4, -0.2) is 21.5 Å². The molecule has 0 aliphatic heterocycles. The van der Waals surface area contributed by atoms with Crippen LogP contribution in [0.4, 0.5) is 0 Å². The zero-order chi connectivity index (χ0) is 14.9. The van der Waals surface area contributed by atoms with Crippen LogP contribution in [0.25, 0.3) is 11.0 Å². The fourth-order valence-corrected chi connectivity index (χ4v) is 2.40. The van der Waals surface area contributed by atoms with E-state index in [0.29, 0.717) is 0 Å². The van der Waals surface area contributed by atoms with Crippen LogP contribution in [0.5, 0.6) is 0 Å². The molecule has 0 bridgehead atoms. The molecule has 1 N–H and O–H groups in total. The van der Waals surface area contributed by atoms with Crippen LogP contribution in [0.15, 0.2) is 18.2 Å². The van der Waals surface area contributed by atoms with Crippen molar-refractivity contribution in [3.8, 4) is 0 Å². The van der Waals surface area contributed by atoms with E-state index in [4.69, 9.17) is 11.6 Å². The summed E-state index contributed by atoms with van der Waals surface area (Å²) in [5.74, 6) is 0.700. The van der Waals surface area contributed by atoms with Gasteiger partial charge >= 0.3 is 0 Å². The van der Waals surface area contributed by atoms with Crippen molar-refractivity contribution in [1.82, 2.24) is 14.9 Å². The Balaban J connectivity index is 2.45. The molecular formula is C15H20ClN3O. The fourth-order valence-electron chi connectivity index (χ4n) is 2.23. The first-order valence-corrected chi connectivity index (χ1v) is 7.22. The van der Waals surface area contributed by atoms with E-state index in [0.717, 1.165) is 22.4 Å². The summed E-state index contributed by atoms with van der Waals surface area (Å²) in [6.45, 7) is 8.02. The van der Waals surface area contributed by atoms with Crippen LogP contribution in [0.2, 0.25) is 0 Å². The van der Waals surface area contributed by atoms with Crippen molar-refractivity contribution in [3.63, 3.8) is 0 Å². The Morgan fingerprint density at radius 1 is 1.40 bits per heavy atom. The number of hydrogen-bond donors (Lipinski definition) is 1. The van der Waals surface area contributed by atoms with Crippen molar-refractivity contribution in [3.05, 3.63) is 29.6 Å². The molecule has 1 unspecified atom stereocenters. The van der Waals surface area contributed by atoms with Gasteiger partial charge in [-0.05, 0) is 45.4 Å². The topological polar surface area (TPSA) is 46.9 Å². The first-order chi connectivity index (χ1) is 9.38. The molecular weight excluding hydrogens is 274 g/mol. The predicted molar refractivity (Wildman–Crippen MR) is 82.0 cm³/mol. The molecule has 1 aromatic carbocycles. The summed E-state index contributed by atoms with van der Waals surface area (Å²) in [5.41, 5.74) is 2.96. The number of alkyl halides is 1. The third-order valence-corrected chi connectivity index (χ3v) is 3.24. The molecule has 4 nitrogen and oxygen atoms in total. The first-order valence-electron chi connectivity index (χ1n) is 6.78. The number of nitrogens with one attached hydrogen (secondary N) is 1. The highest BCUT2D eigenvalue weighted by atomic mass is 35.5. The van der Waals surface area contributed by atoms with Gasteiger partial charge in [-0.2, -0.15) is 0 Å². The number of benzene rings is 1. The summed E-state index contributed by atoms with van der Waals surface area (Å²) >= 11 is 6.19. The molecule has 5 heteroatoms. The van der Waals surface area contributed by atoms with Gasteiger partial charge in [-0.25, -0.2) is 4.98 Å². The van der Waals surface area contributed by atoms with Gasteiger partial charge in [0.15, 0.2) is 0 Å². The highest BCUT2D eigenvalue weighted by molar-refractivity contribution is 6.20. The third-order valence-electron chi connectivity index (χ3n) is 3.04. The third kappa shape index (κ3) is 3.12. The Labute approximate surface area is 124 Å². The Morgan fingerprint density at radius 2 is 2.10 bits per heavy atom. The lowest BCUT2D eigenvalue weighted by molar-refractivity contribution is -0.122. The summed E-state index contributed by atoms with van der Waals surface area (Å²) in [5, 5.41) is 2.65. The van der Waals surface area contributed by atoms with Crippen LogP contribution in [-0.2, 0) is 11.3 Å². The Hall–Kier alpha value is -1.55. The van der Waals surface area contributed by atoms with E-state index in [1.54, 1.807) is 0 Å². The molecule has 2 aromatic rings. The largest absolute Gasteiger partial charge is 0.352 e. The number of aryl methyl sites for hydroxylation is 1. The molecule has 0 radical (unpaired) electrons. The number of rotatable bonds is 4. The zero-order valence-electron chi connectivity index (χ0n) is 12.3. The highest BCUT2D eigenvalue weighted by Gasteiger charge is 2.17. The summed E-state index contributed by atoms with van der Waals surface area (Å²) in [4.78, 5) is 16.6. The predicted octanol–water partition coefficient (Wildman–Crippen LogP) is 3.17. The molecule has 0 aliphatic carbocycles. The normalized spacial score (nSPS) is 12.9. The smallest absolute Gasteiger partial charge is 0.240 e. The monoisotopic (exact) mass is 293 g/mol. The lowest BCUT2D eigenvalue weighted by Crippen LogP contribution is -2.33. The summed E-state index contributed by atoms with van der Waals surface area (Å²) in [6, 6.07) is 6.13. The number of amides is 1. The highest BCUT2D eigenvalue weighted by Crippen LogP contribution is 2.25. The van der Waals surface area contributed by atoms with Gasteiger partial charge in [0.1, 0.15) is 12.4 Å². The van der Waals surface area contributed by atoms with E-state index >= 15 is 0 Å². The second-order valence-electron chi connectivity index (χ2n) is 5.39. The maximum absolute atomic E-state index is 12.0. The zero-order valence-corrected chi connectivity index (χ0v) is 13.0. The van der Waals surface area contributed by atoms with Gasteiger partial charge in [-0.3, -0.25) is 4.79 Å². The number of imidazole rings is 1. The van der Waals surface area contributed by atoms with Gasteiger partial charge in [0, 0.05) is 6.04 Å². The van der Waals surface area contributed by atoms with Gasteiger partial charge < -0.3 is 9.88 Å². The molecule has 1 atom stereocenters.